The molecule has 0 aromatic carbocycles. The van der Waals surface area contributed by atoms with Crippen molar-refractivity contribution in [2.24, 2.45) is 0 Å². The number of hydrogen-bond donors (Lipinski definition) is 1. The molecule has 0 aliphatic rings. The molecule has 0 aromatic rings. The second-order valence-electron chi connectivity index (χ2n) is 3.51. The number of amides is 1. The highest BCUT2D eigenvalue weighted by Gasteiger charge is 2.25. The smallest absolute Gasteiger partial charge is 0.236 e. The van der Waals surface area contributed by atoms with Gasteiger partial charge in [-0.15, -0.1) is 0 Å². The number of carbonyl (C=O) groups is 1. The van der Waals surface area contributed by atoms with Crippen molar-refractivity contribution in [3.63, 3.8) is 0 Å². The molecule has 0 saturated carbocycles. The standard InChI is InChI=1S/C9H18BrNO2/c1-5-7(6-13-4)11-8(12)9(2,3)10/h7H,5-6H2,1-4H3,(H,11,12). The Labute approximate surface area is 88.4 Å². The van der Waals surface area contributed by atoms with Crippen molar-refractivity contribution in [1.82, 2.24) is 5.32 Å². The molecule has 0 heterocycles. The predicted octanol–water partition coefficient (Wildman–Crippen LogP) is 1.70. The van der Waals surface area contributed by atoms with Crippen molar-refractivity contribution in [3.8, 4) is 0 Å². The number of ether oxygens (including phenoxy) is 1. The topological polar surface area (TPSA) is 38.3 Å². The molecule has 0 radical (unpaired) electrons. The van der Waals surface area contributed by atoms with E-state index in [-0.39, 0.29) is 11.9 Å². The van der Waals surface area contributed by atoms with Crippen LogP contribution in [-0.4, -0.2) is 30.0 Å². The minimum atomic E-state index is -0.506. The molecule has 0 fully saturated rings. The molecule has 0 saturated heterocycles. The van der Waals surface area contributed by atoms with Crippen LogP contribution in [0.1, 0.15) is 27.2 Å². The summed E-state index contributed by atoms with van der Waals surface area (Å²) < 4.78 is 4.47. The number of alkyl halides is 1. The number of carbonyl (C=O) groups excluding carboxylic acids is 1. The molecule has 4 heteroatoms. The quantitative estimate of drug-likeness (QED) is 0.756. The van der Waals surface area contributed by atoms with Gasteiger partial charge in [0, 0.05) is 7.11 Å². The maximum Gasteiger partial charge on any atom is 0.236 e. The molecule has 1 atom stereocenters. The average Bonchev–Trinajstić information content (AvgIpc) is 2.01. The van der Waals surface area contributed by atoms with E-state index in [1.54, 1.807) is 7.11 Å². The fourth-order valence-corrected chi connectivity index (χ4v) is 0.934. The number of rotatable bonds is 5. The lowest BCUT2D eigenvalue weighted by Crippen LogP contribution is -2.45. The second-order valence-corrected chi connectivity index (χ2v) is 5.49. The molecule has 0 bridgehead atoms. The summed E-state index contributed by atoms with van der Waals surface area (Å²) in [6.07, 6.45) is 0.878. The highest BCUT2D eigenvalue weighted by molar-refractivity contribution is 9.10. The van der Waals surface area contributed by atoms with Gasteiger partial charge in [-0.3, -0.25) is 4.79 Å². The zero-order valence-corrected chi connectivity index (χ0v) is 10.3. The Hall–Kier alpha value is -0.0900. The third-order valence-electron chi connectivity index (χ3n) is 1.74. The first kappa shape index (κ1) is 12.9. The van der Waals surface area contributed by atoms with Crippen molar-refractivity contribution in [2.75, 3.05) is 13.7 Å². The van der Waals surface area contributed by atoms with E-state index in [1.807, 2.05) is 20.8 Å². The number of hydrogen-bond acceptors (Lipinski definition) is 2. The minimum Gasteiger partial charge on any atom is -0.383 e. The summed E-state index contributed by atoms with van der Waals surface area (Å²) >= 11 is 3.30. The van der Waals surface area contributed by atoms with Crippen LogP contribution in [-0.2, 0) is 9.53 Å². The molecule has 3 nitrogen and oxygen atoms in total. The molecule has 1 amide bonds. The molecular weight excluding hydrogens is 234 g/mol. The molecule has 0 rings (SSSR count). The zero-order chi connectivity index (χ0) is 10.5. The summed E-state index contributed by atoms with van der Waals surface area (Å²) in [7, 11) is 1.63. The lowest BCUT2D eigenvalue weighted by Gasteiger charge is -2.21. The number of halogens is 1. The van der Waals surface area contributed by atoms with Gasteiger partial charge in [-0.25, -0.2) is 0 Å². The number of methoxy groups -OCH3 is 1. The van der Waals surface area contributed by atoms with Crippen LogP contribution in [0.3, 0.4) is 0 Å². The Bertz CT molecular complexity index is 165. The van der Waals surface area contributed by atoms with Crippen LogP contribution < -0.4 is 5.32 Å². The second kappa shape index (κ2) is 5.60. The largest absolute Gasteiger partial charge is 0.383 e. The average molecular weight is 252 g/mol. The van der Waals surface area contributed by atoms with Crippen molar-refractivity contribution in [2.45, 2.75) is 37.6 Å². The van der Waals surface area contributed by atoms with Crippen LogP contribution in [0.2, 0.25) is 0 Å². The normalized spacial score (nSPS) is 13.9. The van der Waals surface area contributed by atoms with Gasteiger partial charge in [0.2, 0.25) is 5.91 Å². The van der Waals surface area contributed by atoms with Crippen molar-refractivity contribution in [1.29, 1.82) is 0 Å². The highest BCUT2D eigenvalue weighted by atomic mass is 79.9. The van der Waals surface area contributed by atoms with Gasteiger partial charge in [-0.2, -0.15) is 0 Å². The maximum absolute atomic E-state index is 11.5. The maximum atomic E-state index is 11.5. The molecule has 0 aliphatic heterocycles. The van der Waals surface area contributed by atoms with E-state index in [9.17, 15) is 4.79 Å². The Balaban J connectivity index is 4.01. The van der Waals surface area contributed by atoms with Gasteiger partial charge in [0.15, 0.2) is 0 Å². The molecule has 13 heavy (non-hydrogen) atoms. The summed E-state index contributed by atoms with van der Waals surface area (Å²) in [4.78, 5) is 11.5. The predicted molar refractivity (Wildman–Crippen MR) is 57.1 cm³/mol. The molecule has 1 unspecified atom stereocenters. The Morgan fingerprint density at radius 3 is 2.46 bits per heavy atom. The molecule has 78 valence electrons. The van der Waals surface area contributed by atoms with Crippen LogP contribution in [0.4, 0.5) is 0 Å². The van der Waals surface area contributed by atoms with Gasteiger partial charge in [-0.05, 0) is 20.3 Å². The highest BCUT2D eigenvalue weighted by Crippen LogP contribution is 2.15. The van der Waals surface area contributed by atoms with Gasteiger partial charge >= 0.3 is 0 Å². The van der Waals surface area contributed by atoms with E-state index in [1.165, 1.54) is 0 Å². The Kier molecular flexibility index (Phi) is 5.56. The van der Waals surface area contributed by atoms with Crippen LogP contribution in [0.15, 0.2) is 0 Å². The first-order chi connectivity index (χ1) is 5.91. The Morgan fingerprint density at radius 2 is 2.15 bits per heavy atom. The van der Waals surface area contributed by atoms with Crippen LogP contribution >= 0.6 is 15.9 Å². The molecule has 1 N–H and O–H groups in total. The summed E-state index contributed by atoms with van der Waals surface area (Å²) in [5.74, 6) is -0.00333. The lowest BCUT2D eigenvalue weighted by molar-refractivity contribution is -0.123. The SMILES string of the molecule is CCC(COC)NC(=O)C(C)(C)Br. The van der Waals surface area contributed by atoms with E-state index in [0.29, 0.717) is 6.61 Å². The Morgan fingerprint density at radius 1 is 1.62 bits per heavy atom. The van der Waals surface area contributed by atoms with E-state index < -0.39 is 4.32 Å². The van der Waals surface area contributed by atoms with E-state index in [2.05, 4.69) is 21.2 Å². The summed E-state index contributed by atoms with van der Waals surface area (Å²) in [6, 6.07) is 0.106. The first-order valence-electron chi connectivity index (χ1n) is 4.40. The molecule has 0 spiro atoms. The summed E-state index contributed by atoms with van der Waals surface area (Å²) in [5, 5.41) is 2.90. The van der Waals surface area contributed by atoms with Crippen LogP contribution in [0.25, 0.3) is 0 Å². The zero-order valence-electron chi connectivity index (χ0n) is 8.69. The van der Waals surface area contributed by atoms with E-state index in [4.69, 9.17) is 4.74 Å². The van der Waals surface area contributed by atoms with Gasteiger partial charge in [0.1, 0.15) is 0 Å². The summed E-state index contributed by atoms with van der Waals surface area (Å²) in [5.41, 5.74) is 0. The van der Waals surface area contributed by atoms with Gasteiger partial charge in [0.25, 0.3) is 0 Å². The van der Waals surface area contributed by atoms with Gasteiger partial charge in [0.05, 0.1) is 17.0 Å². The van der Waals surface area contributed by atoms with Crippen molar-refractivity contribution in [3.05, 3.63) is 0 Å². The minimum absolute atomic E-state index is 0.00333. The summed E-state index contributed by atoms with van der Waals surface area (Å²) in [6.45, 7) is 6.22. The third-order valence-corrected chi connectivity index (χ3v) is 2.10. The van der Waals surface area contributed by atoms with Crippen molar-refractivity contribution < 1.29 is 9.53 Å². The molecular formula is C9H18BrNO2. The molecule has 0 aromatic heterocycles. The third kappa shape index (κ3) is 5.26. The van der Waals surface area contributed by atoms with Crippen molar-refractivity contribution >= 4 is 21.8 Å². The van der Waals surface area contributed by atoms with E-state index in [0.717, 1.165) is 6.42 Å². The fourth-order valence-electron chi connectivity index (χ4n) is 0.820. The lowest BCUT2D eigenvalue weighted by atomic mass is 10.1. The molecule has 0 aliphatic carbocycles. The fraction of sp³-hybridized carbons (Fsp3) is 0.889. The van der Waals surface area contributed by atoms with Crippen LogP contribution in [0, 0.1) is 0 Å². The van der Waals surface area contributed by atoms with Gasteiger partial charge in [-0.1, -0.05) is 22.9 Å². The van der Waals surface area contributed by atoms with Crippen LogP contribution in [0.5, 0.6) is 0 Å². The van der Waals surface area contributed by atoms with E-state index >= 15 is 0 Å². The monoisotopic (exact) mass is 251 g/mol. The number of nitrogens with one attached hydrogen (secondary N) is 1. The van der Waals surface area contributed by atoms with Gasteiger partial charge < -0.3 is 10.1 Å². The first-order valence-corrected chi connectivity index (χ1v) is 5.20.